The molecule has 7 heteroatoms. The van der Waals surface area contributed by atoms with Crippen LogP contribution in [0.1, 0.15) is 0 Å². The summed E-state index contributed by atoms with van der Waals surface area (Å²) >= 11 is 0. The second-order valence-corrected chi connectivity index (χ2v) is 2.09. The van der Waals surface area contributed by atoms with E-state index in [1.807, 2.05) is 5.32 Å². The highest BCUT2D eigenvalue weighted by Crippen LogP contribution is 2.11. The van der Waals surface area contributed by atoms with Gasteiger partial charge in [0.2, 0.25) is 0 Å². The highest BCUT2D eigenvalue weighted by molar-refractivity contribution is 5.81. The van der Waals surface area contributed by atoms with E-state index in [4.69, 9.17) is 5.11 Å². The molecule has 0 atom stereocenters. The molecule has 2 N–H and O–H groups in total. The molecule has 0 aliphatic heterocycles. The lowest BCUT2D eigenvalue weighted by Gasteiger charge is -1.97. The van der Waals surface area contributed by atoms with E-state index in [1.165, 1.54) is 6.07 Å². The first kappa shape index (κ1) is 8.91. The van der Waals surface area contributed by atoms with E-state index in [9.17, 15) is 14.9 Å². The molecule has 0 unspecified atom stereocenters. The van der Waals surface area contributed by atoms with Crippen LogP contribution >= 0.6 is 0 Å². The molecule has 13 heavy (non-hydrogen) atoms. The van der Waals surface area contributed by atoms with Gasteiger partial charge in [0, 0.05) is 6.07 Å². The predicted octanol–water partition coefficient (Wildman–Crippen LogP) is 1.08. The topological polar surface area (TPSA) is 105 Å². The van der Waals surface area contributed by atoms with Gasteiger partial charge in [-0.3, -0.25) is 15.4 Å². The summed E-state index contributed by atoms with van der Waals surface area (Å²) in [6, 6.07) is 2.38. The van der Waals surface area contributed by atoms with Crippen LogP contribution in [0.2, 0.25) is 0 Å². The summed E-state index contributed by atoms with van der Waals surface area (Å²) in [5.41, 5.74) is -0.184. The number of hydrogen-bond acceptors (Lipinski definition) is 4. The first-order valence-electron chi connectivity index (χ1n) is 3.20. The minimum absolute atomic E-state index is 0.0538. The lowest BCUT2D eigenvalue weighted by atomic mass is 10.4. The van der Waals surface area contributed by atoms with Gasteiger partial charge in [-0.2, -0.15) is 0 Å². The molecule has 7 nitrogen and oxygen atoms in total. The fourth-order valence-electron chi connectivity index (χ4n) is 0.678. The molecule has 1 amide bonds. The molecular weight excluding hydrogens is 178 g/mol. The van der Waals surface area contributed by atoms with Gasteiger partial charge in [0.1, 0.15) is 12.0 Å². The fraction of sp³-hybridized carbons (Fsp3) is 0. The minimum Gasteiger partial charge on any atom is -0.465 e. The van der Waals surface area contributed by atoms with Crippen LogP contribution in [-0.4, -0.2) is 21.1 Å². The monoisotopic (exact) mass is 183 g/mol. The average Bonchev–Trinajstić information content (AvgIpc) is 2.04. The van der Waals surface area contributed by atoms with Crippen molar-refractivity contribution in [3.8, 4) is 0 Å². The second-order valence-electron chi connectivity index (χ2n) is 2.09. The van der Waals surface area contributed by atoms with Gasteiger partial charge >= 0.3 is 6.09 Å². The Morgan fingerprint density at radius 2 is 2.31 bits per heavy atom. The largest absolute Gasteiger partial charge is 0.465 e. The van der Waals surface area contributed by atoms with E-state index >= 15 is 0 Å². The van der Waals surface area contributed by atoms with Gasteiger partial charge in [-0.1, -0.05) is 0 Å². The standard InChI is InChI=1S/C6H5N3O4/c10-6(11)8-5-2-1-4(3-7-5)9(12)13/h1-3H,(H,7,8)(H,10,11). The number of pyridine rings is 1. The second kappa shape index (κ2) is 3.48. The van der Waals surface area contributed by atoms with E-state index in [0.717, 1.165) is 12.3 Å². The van der Waals surface area contributed by atoms with Gasteiger partial charge in [0.05, 0.1) is 4.92 Å². The lowest BCUT2D eigenvalue weighted by Crippen LogP contribution is -2.08. The number of anilines is 1. The number of nitrogens with one attached hydrogen (secondary N) is 1. The maximum Gasteiger partial charge on any atom is 0.410 e. The van der Waals surface area contributed by atoms with Crippen molar-refractivity contribution >= 4 is 17.6 Å². The Bertz CT molecular complexity index is 334. The van der Waals surface area contributed by atoms with Crippen molar-refractivity contribution in [2.24, 2.45) is 0 Å². The van der Waals surface area contributed by atoms with Crippen molar-refractivity contribution in [1.29, 1.82) is 0 Å². The Balaban J connectivity index is 2.81. The Kier molecular flexibility index (Phi) is 2.38. The zero-order valence-electron chi connectivity index (χ0n) is 6.30. The first-order chi connectivity index (χ1) is 6.09. The summed E-state index contributed by atoms with van der Waals surface area (Å²) in [5.74, 6) is 0.0538. The molecule has 1 heterocycles. The van der Waals surface area contributed by atoms with Crippen molar-refractivity contribution < 1.29 is 14.8 Å². The van der Waals surface area contributed by atoms with Crippen LogP contribution in [0.25, 0.3) is 0 Å². The molecule has 68 valence electrons. The molecule has 1 aromatic rings. The van der Waals surface area contributed by atoms with E-state index in [-0.39, 0.29) is 11.5 Å². The molecular formula is C6H5N3O4. The first-order valence-corrected chi connectivity index (χ1v) is 3.20. The van der Waals surface area contributed by atoms with E-state index in [1.54, 1.807) is 0 Å². The van der Waals surface area contributed by atoms with Crippen LogP contribution < -0.4 is 5.32 Å². The number of rotatable bonds is 2. The molecule has 0 radical (unpaired) electrons. The van der Waals surface area contributed by atoms with Gasteiger partial charge in [-0.05, 0) is 6.07 Å². The molecule has 0 aromatic carbocycles. The summed E-state index contributed by atoms with van der Waals surface area (Å²) in [5, 5.41) is 20.4. The van der Waals surface area contributed by atoms with Crippen molar-refractivity contribution in [3.63, 3.8) is 0 Å². The third-order valence-corrected chi connectivity index (χ3v) is 1.19. The molecule has 0 bridgehead atoms. The van der Waals surface area contributed by atoms with Crippen molar-refractivity contribution in [2.45, 2.75) is 0 Å². The summed E-state index contributed by atoms with van der Waals surface area (Å²) in [6.07, 6.45) is -0.285. The van der Waals surface area contributed by atoms with Crippen LogP contribution in [-0.2, 0) is 0 Å². The van der Waals surface area contributed by atoms with E-state index < -0.39 is 11.0 Å². The Labute approximate surface area is 72.2 Å². The van der Waals surface area contributed by atoms with Crippen LogP contribution in [0.4, 0.5) is 16.3 Å². The summed E-state index contributed by atoms with van der Waals surface area (Å²) in [7, 11) is 0. The highest BCUT2D eigenvalue weighted by Gasteiger charge is 2.05. The summed E-state index contributed by atoms with van der Waals surface area (Å²) in [4.78, 5) is 23.2. The summed E-state index contributed by atoms with van der Waals surface area (Å²) in [6.45, 7) is 0. The van der Waals surface area contributed by atoms with Gasteiger partial charge in [-0.15, -0.1) is 0 Å². The van der Waals surface area contributed by atoms with E-state index in [2.05, 4.69) is 4.98 Å². The van der Waals surface area contributed by atoms with Gasteiger partial charge < -0.3 is 5.11 Å². The molecule has 0 aliphatic rings. The number of nitrogens with zero attached hydrogens (tertiary/aromatic N) is 2. The highest BCUT2D eigenvalue weighted by atomic mass is 16.6. The Morgan fingerprint density at radius 1 is 1.62 bits per heavy atom. The molecule has 0 fully saturated rings. The number of amides is 1. The van der Waals surface area contributed by atoms with Gasteiger partial charge in [0.25, 0.3) is 5.69 Å². The zero-order valence-corrected chi connectivity index (χ0v) is 6.30. The molecule has 0 aliphatic carbocycles. The average molecular weight is 183 g/mol. The van der Waals surface area contributed by atoms with Crippen molar-refractivity contribution in [3.05, 3.63) is 28.4 Å². The Morgan fingerprint density at radius 3 is 2.69 bits per heavy atom. The molecule has 0 spiro atoms. The smallest absolute Gasteiger partial charge is 0.410 e. The maximum absolute atomic E-state index is 10.2. The van der Waals surface area contributed by atoms with Gasteiger partial charge in [0.15, 0.2) is 0 Å². The van der Waals surface area contributed by atoms with E-state index in [0.29, 0.717) is 0 Å². The molecule has 1 rings (SSSR count). The third kappa shape index (κ3) is 2.40. The molecule has 1 aromatic heterocycles. The number of aromatic nitrogens is 1. The van der Waals surface area contributed by atoms with Crippen molar-refractivity contribution in [2.75, 3.05) is 5.32 Å². The fourth-order valence-corrected chi connectivity index (χ4v) is 0.678. The SMILES string of the molecule is O=C(O)Nc1ccc([N+](=O)[O-])cn1. The predicted molar refractivity (Wildman–Crippen MR) is 42.5 cm³/mol. The number of hydrogen-bond donors (Lipinski definition) is 2. The maximum atomic E-state index is 10.2. The van der Waals surface area contributed by atoms with Crippen LogP contribution in [0.15, 0.2) is 18.3 Å². The summed E-state index contributed by atoms with van der Waals surface area (Å²) < 4.78 is 0. The zero-order chi connectivity index (χ0) is 9.84. The van der Waals surface area contributed by atoms with Crippen LogP contribution in [0.3, 0.4) is 0 Å². The normalized spacial score (nSPS) is 9.23. The van der Waals surface area contributed by atoms with Crippen molar-refractivity contribution in [1.82, 2.24) is 4.98 Å². The number of carbonyl (C=O) groups is 1. The minimum atomic E-state index is -1.26. The number of carboxylic acid groups (broad SMARTS) is 1. The lowest BCUT2D eigenvalue weighted by molar-refractivity contribution is -0.385. The Hall–Kier alpha value is -2.18. The molecule has 0 saturated heterocycles. The van der Waals surface area contributed by atoms with Crippen LogP contribution in [0, 0.1) is 10.1 Å². The van der Waals surface area contributed by atoms with Gasteiger partial charge in [-0.25, -0.2) is 9.78 Å². The third-order valence-electron chi connectivity index (χ3n) is 1.19. The number of nitro groups is 1. The van der Waals surface area contributed by atoms with Crippen LogP contribution in [0.5, 0.6) is 0 Å². The quantitative estimate of drug-likeness (QED) is 0.527. The molecule has 0 saturated carbocycles.